The molecule has 0 unspecified atom stereocenters. The third-order valence-electron chi connectivity index (χ3n) is 4.62. The molecule has 2 rings (SSSR count). The first-order valence-corrected chi connectivity index (χ1v) is 9.57. The number of hydrogen-bond acceptors (Lipinski definition) is 3. The standard InChI is InChI=1S/C21H31F3N2O2/c1-19(2,3)16-11-15(12-17(13-16)21(22,23)24)14-25-7-9-26(10-8-25)18(27)28-20(4,5)6/h11-13H,7-10,14H2,1-6H3. The summed E-state index contributed by atoms with van der Waals surface area (Å²) in [5.74, 6) is 0. The second kappa shape index (κ2) is 7.93. The van der Waals surface area contributed by atoms with Crippen molar-refractivity contribution < 1.29 is 22.7 Å². The monoisotopic (exact) mass is 400 g/mol. The van der Waals surface area contributed by atoms with E-state index in [4.69, 9.17) is 4.74 Å². The number of piperazine rings is 1. The first-order chi connectivity index (χ1) is 12.6. The smallest absolute Gasteiger partial charge is 0.416 e. The molecule has 0 aliphatic carbocycles. The van der Waals surface area contributed by atoms with E-state index in [1.807, 2.05) is 47.6 Å². The van der Waals surface area contributed by atoms with Gasteiger partial charge in [-0.05, 0) is 49.4 Å². The van der Waals surface area contributed by atoms with Gasteiger partial charge < -0.3 is 9.64 Å². The molecule has 1 aromatic rings. The molecule has 1 saturated heterocycles. The van der Waals surface area contributed by atoms with Crippen LogP contribution >= 0.6 is 0 Å². The van der Waals surface area contributed by atoms with Crippen LogP contribution in [-0.2, 0) is 22.9 Å². The lowest BCUT2D eigenvalue weighted by atomic mass is 9.85. The van der Waals surface area contributed by atoms with Gasteiger partial charge in [0.15, 0.2) is 0 Å². The van der Waals surface area contributed by atoms with E-state index < -0.39 is 17.3 Å². The van der Waals surface area contributed by atoms with Crippen LogP contribution in [0.25, 0.3) is 0 Å². The highest BCUT2D eigenvalue weighted by Gasteiger charge is 2.33. The maximum Gasteiger partial charge on any atom is 0.416 e. The van der Waals surface area contributed by atoms with E-state index in [2.05, 4.69) is 4.90 Å². The number of amides is 1. The Kier molecular flexibility index (Phi) is 6.38. The van der Waals surface area contributed by atoms with Gasteiger partial charge in [-0.2, -0.15) is 13.2 Å². The quantitative estimate of drug-likeness (QED) is 0.696. The van der Waals surface area contributed by atoms with Crippen molar-refractivity contribution in [2.75, 3.05) is 26.2 Å². The Labute approximate surface area is 165 Å². The van der Waals surface area contributed by atoms with Crippen LogP contribution < -0.4 is 0 Å². The van der Waals surface area contributed by atoms with Crippen molar-refractivity contribution in [3.05, 3.63) is 34.9 Å². The van der Waals surface area contributed by atoms with Gasteiger partial charge in [-0.3, -0.25) is 4.90 Å². The molecule has 0 bridgehead atoms. The number of rotatable bonds is 2. The molecule has 158 valence electrons. The van der Waals surface area contributed by atoms with Gasteiger partial charge in [0.1, 0.15) is 5.60 Å². The fourth-order valence-electron chi connectivity index (χ4n) is 3.05. The summed E-state index contributed by atoms with van der Waals surface area (Å²) in [4.78, 5) is 15.9. The number of nitrogens with zero attached hydrogens (tertiary/aromatic N) is 2. The highest BCUT2D eigenvalue weighted by atomic mass is 19.4. The first-order valence-electron chi connectivity index (χ1n) is 9.57. The van der Waals surface area contributed by atoms with Gasteiger partial charge >= 0.3 is 12.3 Å². The molecule has 4 nitrogen and oxygen atoms in total. The van der Waals surface area contributed by atoms with Crippen molar-refractivity contribution in [1.29, 1.82) is 0 Å². The van der Waals surface area contributed by atoms with Crippen LogP contribution in [0.5, 0.6) is 0 Å². The molecule has 0 aromatic heterocycles. The number of halogens is 3. The fraction of sp³-hybridized carbons (Fsp3) is 0.667. The van der Waals surface area contributed by atoms with Crippen LogP contribution in [0.3, 0.4) is 0 Å². The van der Waals surface area contributed by atoms with E-state index in [0.717, 1.165) is 0 Å². The zero-order valence-corrected chi connectivity index (χ0v) is 17.6. The van der Waals surface area contributed by atoms with Crippen LogP contribution in [0.2, 0.25) is 0 Å². The molecule has 7 heteroatoms. The fourth-order valence-corrected chi connectivity index (χ4v) is 3.05. The first kappa shape index (κ1) is 22.5. The lowest BCUT2D eigenvalue weighted by molar-refractivity contribution is -0.137. The second-order valence-electron chi connectivity index (χ2n) is 9.41. The van der Waals surface area contributed by atoms with Gasteiger partial charge in [0, 0.05) is 32.7 Å². The molecule has 1 amide bonds. The highest BCUT2D eigenvalue weighted by molar-refractivity contribution is 5.68. The summed E-state index contributed by atoms with van der Waals surface area (Å²) < 4.78 is 45.3. The summed E-state index contributed by atoms with van der Waals surface area (Å²) in [5, 5.41) is 0. The number of carbonyl (C=O) groups is 1. The van der Waals surface area contributed by atoms with Crippen LogP contribution in [0.1, 0.15) is 58.2 Å². The Balaban J connectivity index is 2.07. The summed E-state index contributed by atoms with van der Waals surface area (Å²) in [6, 6.07) is 4.33. The molecular weight excluding hydrogens is 369 g/mol. The van der Waals surface area contributed by atoms with Crippen LogP contribution in [-0.4, -0.2) is 47.7 Å². The minimum Gasteiger partial charge on any atom is -0.444 e. The summed E-state index contributed by atoms with van der Waals surface area (Å²) in [6.45, 7) is 13.8. The van der Waals surface area contributed by atoms with Crippen molar-refractivity contribution in [2.45, 2.75) is 65.3 Å². The van der Waals surface area contributed by atoms with Crippen molar-refractivity contribution >= 4 is 6.09 Å². The molecule has 1 fully saturated rings. The van der Waals surface area contributed by atoms with Crippen LogP contribution in [0, 0.1) is 0 Å². The van der Waals surface area contributed by atoms with Gasteiger partial charge in [-0.1, -0.05) is 26.8 Å². The largest absolute Gasteiger partial charge is 0.444 e. The minimum absolute atomic E-state index is 0.346. The van der Waals surface area contributed by atoms with Gasteiger partial charge in [0.2, 0.25) is 0 Å². The third-order valence-corrected chi connectivity index (χ3v) is 4.62. The summed E-state index contributed by atoms with van der Waals surface area (Å²) in [6.07, 6.45) is -4.72. The number of carbonyl (C=O) groups excluding carboxylic acids is 1. The molecule has 1 aliphatic rings. The second-order valence-corrected chi connectivity index (χ2v) is 9.41. The molecule has 1 aromatic carbocycles. The summed E-state index contributed by atoms with van der Waals surface area (Å²) in [5.41, 5.74) is -0.210. The number of ether oxygens (including phenoxy) is 1. The van der Waals surface area contributed by atoms with Crippen molar-refractivity contribution in [2.24, 2.45) is 0 Å². The molecule has 0 atom stereocenters. The predicted octanol–water partition coefficient (Wildman–Crippen LogP) is 5.06. The van der Waals surface area contributed by atoms with Crippen LogP contribution in [0.15, 0.2) is 18.2 Å². The van der Waals surface area contributed by atoms with Crippen molar-refractivity contribution in [3.63, 3.8) is 0 Å². The molecule has 1 heterocycles. The van der Waals surface area contributed by atoms with Crippen LogP contribution in [0.4, 0.5) is 18.0 Å². The minimum atomic E-state index is -4.37. The number of alkyl halides is 3. The topological polar surface area (TPSA) is 32.8 Å². The zero-order valence-electron chi connectivity index (χ0n) is 17.6. The van der Waals surface area contributed by atoms with E-state index in [-0.39, 0.29) is 11.5 Å². The predicted molar refractivity (Wildman–Crippen MR) is 103 cm³/mol. The average molecular weight is 400 g/mol. The molecule has 0 saturated carbocycles. The Morgan fingerprint density at radius 3 is 1.93 bits per heavy atom. The van der Waals surface area contributed by atoms with E-state index in [0.29, 0.717) is 43.9 Å². The van der Waals surface area contributed by atoms with E-state index in [9.17, 15) is 18.0 Å². The van der Waals surface area contributed by atoms with Gasteiger partial charge in [0.25, 0.3) is 0 Å². The summed E-state index contributed by atoms with van der Waals surface area (Å²) >= 11 is 0. The molecular formula is C21H31F3N2O2. The average Bonchev–Trinajstić information content (AvgIpc) is 2.52. The zero-order chi connectivity index (χ0) is 21.3. The van der Waals surface area contributed by atoms with Gasteiger partial charge in [-0.15, -0.1) is 0 Å². The maximum atomic E-state index is 13.3. The Bertz CT molecular complexity index is 663. The SMILES string of the molecule is CC(C)(C)OC(=O)N1CCN(Cc2cc(C(C)(C)C)cc(C(F)(F)F)c2)CC1. The van der Waals surface area contributed by atoms with Gasteiger partial charge in [0.05, 0.1) is 5.56 Å². The van der Waals surface area contributed by atoms with E-state index in [1.54, 1.807) is 4.90 Å². The Morgan fingerprint density at radius 1 is 0.929 bits per heavy atom. The molecule has 1 aliphatic heterocycles. The number of benzene rings is 1. The van der Waals surface area contributed by atoms with Crippen molar-refractivity contribution in [1.82, 2.24) is 9.80 Å². The highest BCUT2D eigenvalue weighted by Crippen LogP contribution is 2.34. The molecule has 28 heavy (non-hydrogen) atoms. The Morgan fingerprint density at radius 2 is 1.46 bits per heavy atom. The lowest BCUT2D eigenvalue weighted by Gasteiger charge is -2.35. The lowest BCUT2D eigenvalue weighted by Crippen LogP contribution is -2.49. The van der Waals surface area contributed by atoms with E-state index in [1.165, 1.54) is 12.1 Å². The normalized spacial score (nSPS) is 17.0. The van der Waals surface area contributed by atoms with Crippen molar-refractivity contribution in [3.8, 4) is 0 Å². The third kappa shape index (κ3) is 6.40. The number of hydrogen-bond donors (Lipinski definition) is 0. The maximum absolute atomic E-state index is 13.3. The Hall–Kier alpha value is -1.76. The van der Waals surface area contributed by atoms with Gasteiger partial charge in [-0.25, -0.2) is 4.79 Å². The molecule has 0 radical (unpaired) electrons. The molecule has 0 spiro atoms. The molecule has 0 N–H and O–H groups in total. The summed E-state index contributed by atoms with van der Waals surface area (Å²) in [7, 11) is 0. The van der Waals surface area contributed by atoms with E-state index >= 15 is 0 Å².